The summed E-state index contributed by atoms with van der Waals surface area (Å²) in [4.78, 5) is 3.81. The van der Waals surface area contributed by atoms with Crippen molar-refractivity contribution in [2.24, 2.45) is 0 Å². The first kappa shape index (κ1) is 9.86. The molecule has 0 atom stereocenters. The number of pyridine rings is 1. The summed E-state index contributed by atoms with van der Waals surface area (Å²) in [5.41, 5.74) is 0.222. The largest absolute Gasteiger partial charge is 0.266 e. The molecular formula is C7H5BrClF2N. The van der Waals surface area contributed by atoms with Crippen molar-refractivity contribution >= 4 is 27.5 Å². The fourth-order valence-electron chi connectivity index (χ4n) is 0.779. The Bertz CT molecular complexity index is 304. The van der Waals surface area contributed by atoms with Crippen LogP contribution < -0.4 is 0 Å². The van der Waals surface area contributed by atoms with Gasteiger partial charge in [-0.25, -0.2) is 8.78 Å². The molecule has 0 fully saturated rings. The number of rotatable bonds is 1. The molecule has 0 saturated carbocycles. The lowest BCUT2D eigenvalue weighted by Crippen LogP contribution is -1.93. The lowest BCUT2D eigenvalue weighted by atomic mass is 10.2. The Labute approximate surface area is 81.9 Å². The molecule has 1 aromatic heterocycles. The molecule has 0 aliphatic carbocycles. The van der Waals surface area contributed by atoms with Crippen molar-refractivity contribution in [2.45, 2.75) is 13.3 Å². The summed E-state index contributed by atoms with van der Waals surface area (Å²) >= 11 is 8.58. The van der Waals surface area contributed by atoms with E-state index in [2.05, 4.69) is 20.9 Å². The Balaban J connectivity index is 3.33. The van der Waals surface area contributed by atoms with Gasteiger partial charge < -0.3 is 0 Å². The van der Waals surface area contributed by atoms with Gasteiger partial charge in [0.2, 0.25) is 0 Å². The van der Waals surface area contributed by atoms with Crippen molar-refractivity contribution in [3.63, 3.8) is 0 Å². The SMILES string of the molecule is Cc1ncc(Br)c(C(F)F)c1Cl. The Kier molecular flexibility index (Phi) is 3.01. The average Bonchev–Trinajstić information content (AvgIpc) is 1.97. The van der Waals surface area contributed by atoms with E-state index in [0.29, 0.717) is 5.69 Å². The maximum atomic E-state index is 12.3. The van der Waals surface area contributed by atoms with Crippen molar-refractivity contribution < 1.29 is 8.78 Å². The molecule has 1 rings (SSSR count). The summed E-state index contributed by atoms with van der Waals surface area (Å²) in [6.07, 6.45) is -1.25. The standard InChI is InChI=1S/C7H5BrClF2N/c1-3-6(9)5(7(10)11)4(8)2-12-3/h2,7H,1H3. The quantitative estimate of drug-likeness (QED) is 0.746. The van der Waals surface area contributed by atoms with E-state index in [1.165, 1.54) is 6.20 Å². The molecule has 66 valence electrons. The zero-order valence-electron chi connectivity index (χ0n) is 6.11. The lowest BCUT2D eigenvalue weighted by Gasteiger charge is -2.06. The first-order valence-electron chi connectivity index (χ1n) is 3.12. The number of nitrogens with zero attached hydrogens (tertiary/aromatic N) is 1. The van der Waals surface area contributed by atoms with Crippen LogP contribution in [0.3, 0.4) is 0 Å². The second-order valence-corrected chi connectivity index (χ2v) is 3.45. The highest BCUT2D eigenvalue weighted by Crippen LogP contribution is 2.34. The number of hydrogen-bond donors (Lipinski definition) is 0. The number of aryl methyl sites for hydroxylation is 1. The van der Waals surface area contributed by atoms with Crippen LogP contribution in [0.1, 0.15) is 17.7 Å². The Morgan fingerprint density at radius 1 is 1.58 bits per heavy atom. The number of aromatic nitrogens is 1. The van der Waals surface area contributed by atoms with Gasteiger partial charge in [0.05, 0.1) is 16.3 Å². The van der Waals surface area contributed by atoms with E-state index in [1.807, 2.05) is 0 Å². The van der Waals surface area contributed by atoms with Crippen LogP contribution in [-0.2, 0) is 0 Å². The molecule has 1 aromatic rings. The van der Waals surface area contributed by atoms with Gasteiger partial charge in [-0.05, 0) is 22.9 Å². The van der Waals surface area contributed by atoms with Gasteiger partial charge in [-0.15, -0.1) is 0 Å². The topological polar surface area (TPSA) is 12.9 Å². The van der Waals surface area contributed by atoms with E-state index in [0.717, 1.165) is 0 Å². The van der Waals surface area contributed by atoms with E-state index in [-0.39, 0.29) is 15.1 Å². The minimum atomic E-state index is -2.58. The Morgan fingerprint density at radius 3 is 2.58 bits per heavy atom. The summed E-state index contributed by atoms with van der Waals surface area (Å²) in [6.45, 7) is 1.58. The van der Waals surface area contributed by atoms with Gasteiger partial charge in [0.25, 0.3) is 6.43 Å². The van der Waals surface area contributed by atoms with Gasteiger partial charge in [-0.2, -0.15) is 0 Å². The summed E-state index contributed by atoms with van der Waals surface area (Å²) in [7, 11) is 0. The first-order chi connectivity index (χ1) is 5.54. The van der Waals surface area contributed by atoms with Crippen LogP contribution in [0.25, 0.3) is 0 Å². The number of alkyl halides is 2. The molecule has 0 aliphatic heterocycles. The number of halogens is 4. The van der Waals surface area contributed by atoms with Gasteiger partial charge in [0.1, 0.15) is 0 Å². The first-order valence-corrected chi connectivity index (χ1v) is 4.29. The molecule has 5 heteroatoms. The molecule has 0 aromatic carbocycles. The zero-order chi connectivity index (χ0) is 9.30. The van der Waals surface area contributed by atoms with Crippen LogP contribution in [0.4, 0.5) is 8.78 Å². The van der Waals surface area contributed by atoms with E-state index in [9.17, 15) is 8.78 Å². The van der Waals surface area contributed by atoms with Crippen LogP contribution in [0.2, 0.25) is 5.02 Å². The monoisotopic (exact) mass is 255 g/mol. The van der Waals surface area contributed by atoms with Crippen molar-refractivity contribution in [3.8, 4) is 0 Å². The predicted molar refractivity (Wildman–Crippen MR) is 46.6 cm³/mol. The normalized spacial score (nSPS) is 10.8. The van der Waals surface area contributed by atoms with Crippen LogP contribution in [0.15, 0.2) is 10.7 Å². The molecule has 0 aliphatic rings. The van der Waals surface area contributed by atoms with E-state index in [4.69, 9.17) is 11.6 Å². The molecule has 0 radical (unpaired) electrons. The molecular weight excluding hydrogens is 251 g/mol. The smallest absolute Gasteiger partial charge is 0.259 e. The van der Waals surface area contributed by atoms with Gasteiger partial charge in [0, 0.05) is 10.7 Å². The van der Waals surface area contributed by atoms with E-state index >= 15 is 0 Å². The molecule has 0 N–H and O–H groups in total. The maximum Gasteiger partial charge on any atom is 0.266 e. The highest BCUT2D eigenvalue weighted by molar-refractivity contribution is 9.10. The molecule has 0 spiro atoms. The van der Waals surface area contributed by atoms with Crippen molar-refractivity contribution in [2.75, 3.05) is 0 Å². The summed E-state index contributed by atoms with van der Waals surface area (Å²) in [5, 5.41) is 0.0272. The molecule has 0 saturated heterocycles. The van der Waals surface area contributed by atoms with E-state index in [1.54, 1.807) is 6.92 Å². The van der Waals surface area contributed by atoms with Gasteiger partial charge in [0.15, 0.2) is 0 Å². The minimum Gasteiger partial charge on any atom is -0.259 e. The third kappa shape index (κ3) is 1.75. The molecule has 1 nitrogen and oxygen atoms in total. The minimum absolute atomic E-state index is 0.0272. The number of hydrogen-bond acceptors (Lipinski definition) is 1. The zero-order valence-corrected chi connectivity index (χ0v) is 8.46. The Morgan fingerprint density at radius 2 is 2.17 bits per heavy atom. The van der Waals surface area contributed by atoms with Gasteiger partial charge in [-0.1, -0.05) is 11.6 Å². The van der Waals surface area contributed by atoms with Crippen molar-refractivity contribution in [1.29, 1.82) is 0 Å². The highest BCUT2D eigenvalue weighted by Gasteiger charge is 2.17. The third-order valence-electron chi connectivity index (χ3n) is 1.40. The van der Waals surface area contributed by atoms with Crippen molar-refractivity contribution in [3.05, 3.63) is 26.9 Å². The summed E-state index contributed by atoms with van der Waals surface area (Å²) < 4.78 is 24.9. The average molecular weight is 256 g/mol. The van der Waals surface area contributed by atoms with Gasteiger partial charge >= 0.3 is 0 Å². The van der Waals surface area contributed by atoms with Crippen molar-refractivity contribution in [1.82, 2.24) is 4.98 Å². The Hall–Kier alpha value is -0.220. The summed E-state index contributed by atoms with van der Waals surface area (Å²) in [5.74, 6) is 0. The summed E-state index contributed by atoms with van der Waals surface area (Å²) in [6, 6.07) is 0. The highest BCUT2D eigenvalue weighted by atomic mass is 79.9. The molecule has 0 unspecified atom stereocenters. The van der Waals surface area contributed by atoms with Gasteiger partial charge in [-0.3, -0.25) is 4.98 Å². The van der Waals surface area contributed by atoms with Crippen LogP contribution in [0.5, 0.6) is 0 Å². The predicted octanol–water partition coefficient (Wildman–Crippen LogP) is 3.74. The fraction of sp³-hybridized carbons (Fsp3) is 0.286. The molecule has 0 amide bonds. The fourth-order valence-corrected chi connectivity index (χ4v) is 1.60. The van der Waals surface area contributed by atoms with Crippen LogP contribution in [0, 0.1) is 6.92 Å². The lowest BCUT2D eigenvalue weighted by molar-refractivity contribution is 0.150. The third-order valence-corrected chi connectivity index (χ3v) is 2.51. The maximum absolute atomic E-state index is 12.3. The van der Waals surface area contributed by atoms with Crippen LogP contribution in [-0.4, -0.2) is 4.98 Å². The van der Waals surface area contributed by atoms with Crippen LogP contribution >= 0.6 is 27.5 Å². The second-order valence-electron chi connectivity index (χ2n) is 2.22. The van der Waals surface area contributed by atoms with E-state index < -0.39 is 6.43 Å². The molecule has 12 heavy (non-hydrogen) atoms. The second kappa shape index (κ2) is 3.66. The molecule has 1 heterocycles. The molecule has 0 bridgehead atoms.